The molecule has 5 N–H and O–H groups in total. The third kappa shape index (κ3) is 6.34. The summed E-state index contributed by atoms with van der Waals surface area (Å²) in [5.41, 5.74) is 0. The molecule has 0 radical (unpaired) electrons. The number of carboxylic acids is 2. The molecule has 0 aliphatic rings. The van der Waals surface area contributed by atoms with Gasteiger partial charge in [0.05, 0.1) is 0 Å². The van der Waals surface area contributed by atoms with E-state index in [-0.39, 0.29) is 6.42 Å². The topological polar surface area (TPSA) is 147 Å². The normalized spacial score (nSPS) is 13.5. The summed E-state index contributed by atoms with van der Waals surface area (Å²) in [6, 6.07) is -1.51. The van der Waals surface area contributed by atoms with Crippen molar-refractivity contribution < 1.29 is 28.2 Å². The van der Waals surface area contributed by atoms with Crippen LogP contribution < -0.4 is 9.86 Å². The Morgan fingerprint density at radius 1 is 1.36 bits per heavy atom. The largest absolute Gasteiger partial charge is 0.481 e. The number of nitrogens with one attached hydrogen (secondary N) is 1. The van der Waals surface area contributed by atoms with Gasteiger partial charge in [-0.3, -0.25) is 9.59 Å². The molecular formula is C5H10N2O6S. The molecule has 0 aromatic carbocycles. The average molecular weight is 226 g/mol. The van der Waals surface area contributed by atoms with Crippen LogP contribution in [0.15, 0.2) is 0 Å². The van der Waals surface area contributed by atoms with Crippen molar-refractivity contribution in [3.8, 4) is 0 Å². The van der Waals surface area contributed by atoms with Crippen LogP contribution in [0, 0.1) is 0 Å². The summed E-state index contributed by atoms with van der Waals surface area (Å²) < 4.78 is 22.5. The second-order valence-corrected chi connectivity index (χ2v) is 3.81. The Kier molecular flexibility index (Phi) is 4.47. The number of hydrogen-bond acceptors (Lipinski definition) is 4. The first-order chi connectivity index (χ1) is 6.22. The first-order valence-corrected chi connectivity index (χ1v) is 5.01. The molecule has 0 aromatic rings. The van der Waals surface area contributed by atoms with E-state index in [1.54, 1.807) is 4.72 Å². The molecule has 0 heterocycles. The number of hydrogen-bond donors (Lipinski definition) is 4. The van der Waals surface area contributed by atoms with Gasteiger partial charge in [-0.15, -0.1) is 0 Å². The van der Waals surface area contributed by atoms with E-state index in [0.29, 0.717) is 0 Å². The maximum absolute atomic E-state index is 10.4. The smallest absolute Gasteiger partial charge is 0.321 e. The number of carbonyl (C=O) groups is 2. The van der Waals surface area contributed by atoms with Gasteiger partial charge in [0.15, 0.2) is 0 Å². The minimum atomic E-state index is -4.14. The minimum Gasteiger partial charge on any atom is -0.481 e. The van der Waals surface area contributed by atoms with Crippen molar-refractivity contribution in [2.24, 2.45) is 5.14 Å². The van der Waals surface area contributed by atoms with Gasteiger partial charge in [0.25, 0.3) is 10.2 Å². The molecule has 14 heavy (non-hydrogen) atoms. The monoisotopic (exact) mass is 226 g/mol. The first-order valence-electron chi connectivity index (χ1n) is 3.47. The summed E-state index contributed by atoms with van der Waals surface area (Å²) in [7, 11) is -4.14. The van der Waals surface area contributed by atoms with E-state index < -0.39 is 34.6 Å². The molecule has 1 atom stereocenters. The van der Waals surface area contributed by atoms with Crippen LogP contribution in [0.25, 0.3) is 0 Å². The van der Waals surface area contributed by atoms with Crippen LogP contribution in [0.4, 0.5) is 0 Å². The maximum atomic E-state index is 10.4. The summed E-state index contributed by atoms with van der Waals surface area (Å²) in [5.74, 6) is -2.69. The minimum absolute atomic E-state index is 0.360. The fraction of sp³-hybridized carbons (Fsp3) is 0.600. The van der Waals surface area contributed by atoms with Gasteiger partial charge in [-0.25, -0.2) is 5.14 Å². The molecule has 82 valence electrons. The molecule has 8 nitrogen and oxygen atoms in total. The van der Waals surface area contributed by atoms with E-state index in [1.165, 1.54) is 0 Å². The second-order valence-electron chi connectivity index (χ2n) is 2.49. The van der Waals surface area contributed by atoms with Gasteiger partial charge < -0.3 is 10.2 Å². The molecule has 9 heteroatoms. The molecule has 0 bridgehead atoms. The molecule has 0 aromatic heterocycles. The number of aliphatic carboxylic acids is 2. The summed E-state index contributed by atoms with van der Waals surface area (Å²) >= 11 is 0. The fourth-order valence-corrected chi connectivity index (χ4v) is 1.31. The van der Waals surface area contributed by atoms with Gasteiger partial charge in [0.1, 0.15) is 6.04 Å². The van der Waals surface area contributed by atoms with Crippen molar-refractivity contribution in [2.45, 2.75) is 18.9 Å². The van der Waals surface area contributed by atoms with Crippen molar-refractivity contribution in [1.82, 2.24) is 4.72 Å². The lowest BCUT2D eigenvalue weighted by atomic mass is 10.2. The maximum Gasteiger partial charge on any atom is 0.321 e. The van der Waals surface area contributed by atoms with Crippen molar-refractivity contribution in [3.63, 3.8) is 0 Å². The van der Waals surface area contributed by atoms with Crippen molar-refractivity contribution in [3.05, 3.63) is 0 Å². The van der Waals surface area contributed by atoms with E-state index in [4.69, 9.17) is 10.2 Å². The lowest BCUT2D eigenvalue weighted by Gasteiger charge is -2.10. The van der Waals surface area contributed by atoms with Crippen LogP contribution in [-0.4, -0.2) is 36.6 Å². The Labute approximate surface area is 79.9 Å². The second kappa shape index (κ2) is 4.88. The van der Waals surface area contributed by atoms with Crippen LogP contribution >= 0.6 is 0 Å². The summed E-state index contributed by atoms with van der Waals surface area (Å²) in [6.07, 6.45) is -0.819. The number of nitrogens with two attached hydrogens (primary N) is 1. The predicted octanol–water partition coefficient (Wildman–Crippen LogP) is -1.90. The van der Waals surface area contributed by atoms with E-state index in [0.717, 1.165) is 0 Å². The zero-order valence-corrected chi connectivity index (χ0v) is 7.82. The molecule has 0 rings (SSSR count). The third-order valence-electron chi connectivity index (χ3n) is 1.25. The SMILES string of the molecule is NS(=O)(=O)N[C@@H](CCC(=O)O)C(=O)O. The third-order valence-corrected chi connectivity index (χ3v) is 1.86. The Balaban J connectivity index is 4.32. The zero-order valence-electron chi connectivity index (χ0n) is 7.00. The molecule has 0 saturated carbocycles. The zero-order chi connectivity index (χ0) is 11.4. The van der Waals surface area contributed by atoms with Gasteiger partial charge in [0, 0.05) is 6.42 Å². The lowest BCUT2D eigenvalue weighted by molar-refractivity contribution is -0.140. The van der Waals surface area contributed by atoms with Gasteiger partial charge >= 0.3 is 11.9 Å². The number of rotatable bonds is 6. The molecule has 0 amide bonds. The van der Waals surface area contributed by atoms with Crippen LogP contribution in [0.2, 0.25) is 0 Å². The fourth-order valence-electron chi connectivity index (χ4n) is 0.699. The van der Waals surface area contributed by atoms with E-state index in [1.807, 2.05) is 0 Å². The van der Waals surface area contributed by atoms with Crippen LogP contribution in [-0.2, 0) is 19.8 Å². The molecule has 0 saturated heterocycles. The standard InChI is InChI=1S/C5H10N2O6S/c6-14(12,13)7-3(5(10)11)1-2-4(8)9/h3,7H,1-2H2,(H,8,9)(H,10,11)(H2,6,12,13)/t3-/m0/s1. The van der Waals surface area contributed by atoms with E-state index >= 15 is 0 Å². The Morgan fingerprint density at radius 3 is 2.14 bits per heavy atom. The molecule has 0 fully saturated rings. The molecule has 0 aliphatic heterocycles. The van der Waals surface area contributed by atoms with Crippen LogP contribution in [0.3, 0.4) is 0 Å². The Bertz CT molecular complexity index is 323. The predicted molar refractivity (Wildman–Crippen MR) is 44.5 cm³/mol. The summed E-state index contributed by atoms with van der Waals surface area (Å²) in [6.45, 7) is 0. The summed E-state index contributed by atoms with van der Waals surface area (Å²) in [4.78, 5) is 20.5. The Hall–Kier alpha value is -1.19. The van der Waals surface area contributed by atoms with Gasteiger partial charge in [0.2, 0.25) is 0 Å². The van der Waals surface area contributed by atoms with Gasteiger partial charge in [-0.05, 0) is 6.42 Å². The average Bonchev–Trinajstić information content (AvgIpc) is 1.94. The van der Waals surface area contributed by atoms with Crippen LogP contribution in [0.1, 0.15) is 12.8 Å². The van der Waals surface area contributed by atoms with E-state index in [9.17, 15) is 18.0 Å². The van der Waals surface area contributed by atoms with E-state index in [2.05, 4.69) is 5.14 Å². The first kappa shape index (κ1) is 12.8. The lowest BCUT2D eigenvalue weighted by Crippen LogP contribution is -2.44. The van der Waals surface area contributed by atoms with Crippen molar-refractivity contribution >= 4 is 22.1 Å². The Morgan fingerprint density at radius 2 is 1.86 bits per heavy atom. The van der Waals surface area contributed by atoms with Crippen molar-refractivity contribution in [2.75, 3.05) is 0 Å². The molecule has 0 unspecified atom stereocenters. The molecule has 0 aliphatic carbocycles. The van der Waals surface area contributed by atoms with Crippen LogP contribution in [0.5, 0.6) is 0 Å². The number of carboxylic acid groups (broad SMARTS) is 2. The highest BCUT2D eigenvalue weighted by atomic mass is 32.2. The summed E-state index contributed by atoms with van der Waals surface area (Å²) in [5, 5.41) is 21.2. The molecule has 0 spiro atoms. The van der Waals surface area contributed by atoms with Gasteiger partial charge in [-0.1, -0.05) is 0 Å². The highest BCUT2D eigenvalue weighted by Gasteiger charge is 2.22. The van der Waals surface area contributed by atoms with Crippen molar-refractivity contribution in [1.29, 1.82) is 0 Å². The van der Waals surface area contributed by atoms with Gasteiger partial charge in [-0.2, -0.15) is 13.1 Å². The molecular weight excluding hydrogens is 216 g/mol. The highest BCUT2D eigenvalue weighted by molar-refractivity contribution is 7.87. The quantitative estimate of drug-likeness (QED) is 0.415. The highest BCUT2D eigenvalue weighted by Crippen LogP contribution is 1.98.